The van der Waals surface area contributed by atoms with Gasteiger partial charge in [-0.3, -0.25) is 43.3 Å². The van der Waals surface area contributed by atoms with E-state index < -0.39 is 96.0 Å². The van der Waals surface area contributed by atoms with E-state index in [9.17, 15) is 43.2 Å². The fourth-order valence-corrected chi connectivity index (χ4v) is 6.16. The SMILES string of the molecule is CCOC(=O)[C@H](C)NC(=O)CNC(=O)[C@H](Cc1ccccc1)NC(=O)[C@H](Cc1cnc[nH]1)NC(=O)[C@H](CCCN=C(N)N)NC(=O)[C@H](CC(C)C)NC(=O)[C@H](CCC(N)=O)NC(C)=O. The fourth-order valence-electron chi connectivity index (χ4n) is 6.16. The quantitative estimate of drug-likeness (QED) is 0.0178. The van der Waals surface area contributed by atoms with E-state index in [0.717, 1.165) is 0 Å². The molecule has 14 N–H and O–H groups in total. The van der Waals surface area contributed by atoms with Crippen LogP contribution in [0.15, 0.2) is 47.8 Å². The Hall–Kier alpha value is -7.07. The van der Waals surface area contributed by atoms with Crippen molar-refractivity contribution in [2.75, 3.05) is 19.7 Å². The first kappa shape index (κ1) is 53.1. The number of hydrogen-bond donors (Lipinski definition) is 11. The van der Waals surface area contributed by atoms with Gasteiger partial charge in [0.25, 0.3) is 0 Å². The molecule has 6 atom stereocenters. The molecule has 2 aromatic rings. The number of imidazole rings is 1. The van der Waals surface area contributed by atoms with Crippen LogP contribution in [0, 0.1) is 5.92 Å². The molecule has 1 heterocycles. The summed E-state index contributed by atoms with van der Waals surface area (Å²) in [5.74, 6) is -6.87. The topological polar surface area (TPSA) is 366 Å². The van der Waals surface area contributed by atoms with E-state index in [0.29, 0.717) is 11.3 Å². The molecule has 0 aliphatic carbocycles. The van der Waals surface area contributed by atoms with Crippen LogP contribution in [-0.2, 0) is 60.7 Å². The molecule has 352 valence electrons. The van der Waals surface area contributed by atoms with Gasteiger partial charge in [0.1, 0.15) is 36.3 Å². The zero-order chi connectivity index (χ0) is 47.8. The van der Waals surface area contributed by atoms with Gasteiger partial charge in [0.2, 0.25) is 47.3 Å². The van der Waals surface area contributed by atoms with Crippen LogP contribution in [-0.4, -0.2) is 125 Å². The number of amides is 8. The van der Waals surface area contributed by atoms with Crippen molar-refractivity contribution in [1.82, 2.24) is 47.2 Å². The lowest BCUT2D eigenvalue weighted by molar-refractivity contribution is -0.146. The second-order valence-corrected chi connectivity index (χ2v) is 15.3. The minimum Gasteiger partial charge on any atom is -0.464 e. The van der Waals surface area contributed by atoms with Crippen molar-refractivity contribution in [1.29, 1.82) is 0 Å². The van der Waals surface area contributed by atoms with Crippen molar-refractivity contribution in [2.45, 2.75) is 116 Å². The Bertz CT molecular complexity index is 1910. The molecule has 64 heavy (non-hydrogen) atoms. The Balaban J connectivity index is 2.42. The molecule has 2 rings (SSSR count). The summed E-state index contributed by atoms with van der Waals surface area (Å²) in [7, 11) is 0. The Morgan fingerprint density at radius 2 is 1.31 bits per heavy atom. The maximum atomic E-state index is 14.2. The van der Waals surface area contributed by atoms with Crippen LogP contribution >= 0.6 is 0 Å². The maximum absolute atomic E-state index is 14.2. The molecule has 8 amide bonds. The van der Waals surface area contributed by atoms with E-state index in [-0.39, 0.29) is 70.0 Å². The molecule has 23 nitrogen and oxygen atoms in total. The Morgan fingerprint density at radius 3 is 1.88 bits per heavy atom. The summed E-state index contributed by atoms with van der Waals surface area (Å²) < 4.78 is 4.90. The number of hydrogen-bond acceptors (Lipinski definition) is 12. The number of guanidine groups is 1. The van der Waals surface area contributed by atoms with Crippen molar-refractivity contribution in [3.63, 3.8) is 0 Å². The molecule has 0 bridgehead atoms. The number of esters is 1. The lowest BCUT2D eigenvalue weighted by Gasteiger charge is -2.27. The second kappa shape index (κ2) is 27.8. The van der Waals surface area contributed by atoms with Gasteiger partial charge in [-0.25, -0.2) is 9.78 Å². The first-order valence-electron chi connectivity index (χ1n) is 20.9. The Labute approximate surface area is 371 Å². The molecule has 0 saturated carbocycles. The number of aliphatic imine (C=N–C) groups is 1. The zero-order valence-electron chi connectivity index (χ0n) is 36.9. The molecule has 0 saturated heterocycles. The lowest BCUT2D eigenvalue weighted by Crippen LogP contribution is -2.60. The third-order valence-electron chi connectivity index (χ3n) is 9.26. The minimum absolute atomic E-state index is 0.0260. The minimum atomic E-state index is -1.38. The molecule has 0 radical (unpaired) electrons. The summed E-state index contributed by atoms with van der Waals surface area (Å²) in [5, 5.41) is 18.0. The number of carbonyl (C=O) groups excluding carboxylic acids is 9. The number of benzene rings is 1. The largest absolute Gasteiger partial charge is 0.464 e. The van der Waals surface area contributed by atoms with E-state index in [4.69, 9.17) is 21.9 Å². The summed E-state index contributed by atoms with van der Waals surface area (Å²) in [4.78, 5) is 128. The van der Waals surface area contributed by atoms with E-state index in [1.165, 1.54) is 26.4 Å². The van der Waals surface area contributed by atoms with Crippen molar-refractivity contribution in [3.05, 3.63) is 54.1 Å². The van der Waals surface area contributed by atoms with E-state index >= 15 is 0 Å². The van der Waals surface area contributed by atoms with Gasteiger partial charge in [-0.05, 0) is 51.0 Å². The molecule has 1 aromatic heterocycles. The lowest BCUT2D eigenvalue weighted by atomic mass is 10.0. The number of H-pyrrole nitrogens is 1. The molecule has 23 heteroatoms. The van der Waals surface area contributed by atoms with Gasteiger partial charge in [-0.15, -0.1) is 0 Å². The number of aromatic nitrogens is 2. The molecule has 1 aromatic carbocycles. The van der Waals surface area contributed by atoms with Crippen molar-refractivity contribution in [3.8, 4) is 0 Å². The van der Waals surface area contributed by atoms with Crippen molar-refractivity contribution >= 4 is 59.2 Å². The number of carbonyl (C=O) groups is 9. The highest BCUT2D eigenvalue weighted by Crippen LogP contribution is 2.11. The molecule has 0 spiro atoms. The highest BCUT2D eigenvalue weighted by atomic mass is 16.5. The first-order chi connectivity index (χ1) is 30.3. The first-order valence-corrected chi connectivity index (χ1v) is 20.9. The van der Waals surface area contributed by atoms with Crippen LogP contribution in [0.5, 0.6) is 0 Å². The highest BCUT2D eigenvalue weighted by molar-refractivity contribution is 5.97. The maximum Gasteiger partial charge on any atom is 0.328 e. The standard InChI is InChI=1S/C41H63N13O10/c1-6-64-40(63)24(4)49-34(57)21-47-35(58)31(18-26-11-8-7-9-12-26)53-39(62)32(19-27-20-45-22-48-27)54-36(59)28(13-10-16-46-41(43)44)51-38(61)30(17-23(2)3)52-37(60)29(50-25(5)55)14-15-33(42)56/h7-9,11-12,20,22-24,28-32H,6,10,13-19,21H2,1-5H3,(H2,42,56)(H,45,48)(H,47,58)(H,49,57)(H,50,55)(H,51,61)(H,52,60)(H,53,62)(H,54,59)(H4,43,44,46)/t24-,28-,29-,30-,31-,32-/m0/s1. The number of nitrogens with two attached hydrogens (primary N) is 3. The average Bonchev–Trinajstić information content (AvgIpc) is 3.74. The van der Waals surface area contributed by atoms with Gasteiger partial charge in [0.15, 0.2) is 5.96 Å². The van der Waals surface area contributed by atoms with Crippen molar-refractivity contribution < 1.29 is 47.9 Å². The van der Waals surface area contributed by atoms with Gasteiger partial charge in [0.05, 0.1) is 19.5 Å². The van der Waals surface area contributed by atoms with E-state index in [1.54, 1.807) is 51.1 Å². The van der Waals surface area contributed by atoms with Crippen molar-refractivity contribution in [2.24, 2.45) is 28.1 Å². The third kappa shape index (κ3) is 20.7. The number of nitrogens with zero attached hydrogens (tertiary/aromatic N) is 2. The van der Waals surface area contributed by atoms with Crippen LogP contribution < -0.4 is 54.4 Å². The molecule has 0 aliphatic rings. The third-order valence-corrected chi connectivity index (χ3v) is 9.26. The fraction of sp³-hybridized carbons (Fsp3) is 0.537. The van der Waals surface area contributed by atoms with Crippen LogP contribution in [0.2, 0.25) is 0 Å². The number of aromatic amines is 1. The molecule has 0 unspecified atom stereocenters. The van der Waals surface area contributed by atoms with Crippen LogP contribution in [0.3, 0.4) is 0 Å². The summed E-state index contributed by atoms with van der Waals surface area (Å²) in [6.07, 6.45) is 2.50. The molecule has 0 aliphatic heterocycles. The molecular weight excluding hydrogens is 835 g/mol. The predicted octanol–water partition coefficient (Wildman–Crippen LogP) is -2.81. The Kier molecular flexibility index (Phi) is 23.0. The zero-order valence-corrected chi connectivity index (χ0v) is 36.9. The predicted molar refractivity (Wildman–Crippen MR) is 233 cm³/mol. The number of ether oxygens (including phenoxy) is 1. The van der Waals surface area contributed by atoms with E-state index in [1.807, 2.05) is 0 Å². The second-order valence-electron chi connectivity index (χ2n) is 15.3. The summed E-state index contributed by atoms with van der Waals surface area (Å²) in [6, 6.07) is 1.33. The summed E-state index contributed by atoms with van der Waals surface area (Å²) in [6.45, 7) is 7.46. The average molecular weight is 898 g/mol. The molecule has 0 fully saturated rings. The number of primary amides is 1. The van der Waals surface area contributed by atoms with Gasteiger partial charge >= 0.3 is 5.97 Å². The van der Waals surface area contributed by atoms with Crippen LogP contribution in [0.25, 0.3) is 0 Å². The number of nitrogens with one attached hydrogen (secondary N) is 8. The highest BCUT2D eigenvalue weighted by Gasteiger charge is 2.33. The van der Waals surface area contributed by atoms with Gasteiger partial charge in [-0.2, -0.15) is 0 Å². The van der Waals surface area contributed by atoms with Crippen LogP contribution in [0.1, 0.15) is 78.0 Å². The monoisotopic (exact) mass is 897 g/mol. The number of rotatable bonds is 28. The van der Waals surface area contributed by atoms with Gasteiger partial charge in [0, 0.05) is 44.6 Å². The normalized spacial score (nSPS) is 13.6. The van der Waals surface area contributed by atoms with Gasteiger partial charge < -0.3 is 64.1 Å². The summed E-state index contributed by atoms with van der Waals surface area (Å²) >= 11 is 0. The Morgan fingerprint density at radius 1 is 0.734 bits per heavy atom. The van der Waals surface area contributed by atoms with Gasteiger partial charge in [-0.1, -0.05) is 44.2 Å². The smallest absolute Gasteiger partial charge is 0.328 e. The van der Waals surface area contributed by atoms with E-state index in [2.05, 4.69) is 52.2 Å². The van der Waals surface area contributed by atoms with Crippen LogP contribution in [0.4, 0.5) is 0 Å². The summed E-state index contributed by atoms with van der Waals surface area (Å²) in [5.41, 5.74) is 17.3. The molecular formula is C41H63N13O10.